The van der Waals surface area contributed by atoms with Crippen LogP contribution in [0.25, 0.3) is 54.9 Å². The van der Waals surface area contributed by atoms with Crippen LogP contribution >= 0.6 is 69.7 Å². The van der Waals surface area contributed by atoms with E-state index in [-0.39, 0.29) is 37.1 Å². The van der Waals surface area contributed by atoms with E-state index in [0.29, 0.717) is 44.5 Å². The fraction of sp³-hybridized carbons (Fsp3) is 0.0667. The Bertz CT molecular complexity index is 3690. The number of imide groups is 2. The molecule has 0 unspecified atom stereocenters. The number of rotatable bonds is 8. The molecule has 0 radical (unpaired) electrons. The lowest BCUT2D eigenvalue weighted by atomic mass is 9.86. The number of carbonyl (C=O) groups is 4. The Balaban J connectivity index is 0.790. The van der Waals surface area contributed by atoms with E-state index < -0.39 is 8.16 Å². The van der Waals surface area contributed by atoms with Crippen LogP contribution in [0.4, 0.5) is 0 Å². The molecule has 0 bridgehead atoms. The first-order chi connectivity index (χ1) is 36.3. The van der Waals surface area contributed by atoms with E-state index in [1.807, 2.05) is 143 Å². The maximum atomic E-state index is 13.7. The lowest BCUT2D eigenvalue weighted by Gasteiger charge is -2.46. The first-order valence-corrected chi connectivity index (χ1v) is 28.7. The first-order valence-electron chi connectivity index (χ1n) is 23.7. The summed E-state index contributed by atoms with van der Waals surface area (Å²) in [4.78, 5) is 64.8. The van der Waals surface area contributed by atoms with Gasteiger partial charge in [-0.2, -0.15) is 0 Å². The van der Waals surface area contributed by atoms with Gasteiger partial charge in [0.1, 0.15) is 19.7 Å². The van der Waals surface area contributed by atoms with Crippen LogP contribution in [0.5, 0.6) is 11.5 Å². The van der Waals surface area contributed by atoms with Crippen molar-refractivity contribution in [1.29, 1.82) is 0 Å². The molecule has 14 heteroatoms. The van der Waals surface area contributed by atoms with Crippen LogP contribution in [0.3, 0.4) is 0 Å². The SMILES string of the molecule is O=C1c2cccc3cccc(c23)C(=O)N1COc1ccc(-c2csc3c2-c2c(-c4ccc(OCN5C(=O)c6cccc7cccc(c67)C5=O)cc4)csc2C2(Sc4ccccc4S2)C32Sc3ccccc3S2)cc1. The summed E-state index contributed by atoms with van der Waals surface area (Å²) in [5.41, 5.74) is 8.58. The third kappa shape index (κ3) is 6.39. The molecule has 0 saturated heterocycles. The predicted molar refractivity (Wildman–Crippen MR) is 298 cm³/mol. The summed E-state index contributed by atoms with van der Waals surface area (Å²) in [7, 11) is 0. The van der Waals surface area contributed by atoms with Gasteiger partial charge >= 0.3 is 0 Å². The van der Waals surface area contributed by atoms with Crippen LogP contribution in [0, 0.1) is 0 Å². The Morgan fingerprint density at radius 2 is 0.689 bits per heavy atom. The van der Waals surface area contributed by atoms with Gasteiger partial charge in [0.25, 0.3) is 23.6 Å². The van der Waals surface area contributed by atoms with Crippen molar-refractivity contribution in [3.8, 4) is 44.9 Å². The second-order valence-electron chi connectivity index (χ2n) is 18.3. The van der Waals surface area contributed by atoms with Crippen molar-refractivity contribution in [3.63, 3.8) is 0 Å². The highest BCUT2D eigenvalue weighted by Crippen LogP contribution is 2.84. The summed E-state index contributed by atoms with van der Waals surface area (Å²) in [6.45, 7) is -0.448. The van der Waals surface area contributed by atoms with Crippen molar-refractivity contribution in [2.45, 2.75) is 27.7 Å². The molecule has 356 valence electrons. The van der Waals surface area contributed by atoms with E-state index in [4.69, 9.17) is 9.47 Å². The number of hydrogen-bond donors (Lipinski definition) is 0. The number of fused-ring (bicyclic) bond motifs is 8. The Morgan fingerprint density at radius 3 is 1.01 bits per heavy atom. The summed E-state index contributed by atoms with van der Waals surface area (Å²) in [6, 6.07) is 55.5. The minimum absolute atomic E-state index is 0.224. The standard InChI is InChI=1S/C60H34N2O6S6/c63-55-39-13-5-9-35-10-6-14-40(49(35)39)56(64)61(55)31-67-37-25-21-33(22-26-37)43-29-69-53-51(43)52-44(30-70-54(52)60(73-47-19-3-4-20-48(47)74-60)59(53)71-45-17-1-2-18-46(45)72-59)34-23-27-38(28-24-34)68-32-62-57(65)41-15-7-11-36-12-8-16-42(50(36)41)58(62)66/h1-30H,31-32H2. The van der Waals surface area contributed by atoms with Crippen molar-refractivity contribution in [1.82, 2.24) is 9.80 Å². The zero-order valence-corrected chi connectivity index (χ0v) is 43.4. The molecule has 0 saturated carbocycles. The minimum Gasteiger partial charge on any atom is -0.473 e. The van der Waals surface area contributed by atoms with Gasteiger partial charge in [-0.15, -0.1) is 22.7 Å². The molecule has 8 aromatic carbocycles. The summed E-state index contributed by atoms with van der Waals surface area (Å²) in [5, 5.41) is 7.67. The average Bonchev–Trinajstić information content (AvgIpc) is 4.28. The fourth-order valence-electron chi connectivity index (χ4n) is 10.9. The summed E-state index contributed by atoms with van der Waals surface area (Å²) < 4.78 is 11.6. The lowest BCUT2D eigenvalue weighted by Crippen LogP contribution is -2.42. The van der Waals surface area contributed by atoms with Gasteiger partial charge in [0.2, 0.25) is 0 Å². The van der Waals surface area contributed by atoms with Crippen LogP contribution in [0.2, 0.25) is 0 Å². The molecule has 2 aromatic heterocycles. The number of nitrogens with zero attached hydrogens (tertiary/aromatic N) is 2. The molecule has 0 atom stereocenters. The maximum Gasteiger partial charge on any atom is 0.264 e. The molecule has 8 nitrogen and oxygen atoms in total. The monoisotopic (exact) mass is 1070 g/mol. The van der Waals surface area contributed by atoms with Crippen molar-refractivity contribution >= 4 is 115 Å². The van der Waals surface area contributed by atoms with E-state index in [2.05, 4.69) is 83.6 Å². The largest absolute Gasteiger partial charge is 0.473 e. The van der Waals surface area contributed by atoms with Crippen molar-refractivity contribution in [3.05, 3.63) is 213 Å². The van der Waals surface area contributed by atoms with Gasteiger partial charge in [0.05, 0.1) is 0 Å². The molecule has 0 N–H and O–H groups in total. The summed E-state index contributed by atoms with van der Waals surface area (Å²) in [5.74, 6) is -0.430. The van der Waals surface area contributed by atoms with E-state index in [1.165, 1.54) is 50.3 Å². The number of hydrogen-bond acceptors (Lipinski definition) is 12. The van der Waals surface area contributed by atoms with Gasteiger partial charge in [-0.3, -0.25) is 19.2 Å². The number of thioether (sulfide) groups is 4. The second kappa shape index (κ2) is 16.7. The molecule has 6 heterocycles. The van der Waals surface area contributed by atoms with Gasteiger partial charge in [-0.25, -0.2) is 9.80 Å². The summed E-state index contributed by atoms with van der Waals surface area (Å²) in [6.07, 6.45) is 0. The smallest absolute Gasteiger partial charge is 0.264 e. The molecule has 2 spiro atoms. The molecule has 4 amide bonds. The quantitative estimate of drug-likeness (QED) is 0.137. The lowest BCUT2D eigenvalue weighted by molar-refractivity contribution is 0.0461. The van der Waals surface area contributed by atoms with Gasteiger partial charge in [-0.1, -0.05) is 144 Å². The number of ether oxygens (including phenoxy) is 2. The highest BCUT2D eigenvalue weighted by Gasteiger charge is 2.67. The topological polar surface area (TPSA) is 93.2 Å². The minimum atomic E-state index is -0.439. The fourth-order valence-corrected chi connectivity index (χ4v) is 21.6. The van der Waals surface area contributed by atoms with E-state index in [1.54, 1.807) is 24.3 Å². The third-order valence-electron chi connectivity index (χ3n) is 14.3. The Morgan fingerprint density at radius 1 is 0.365 bits per heavy atom. The molecule has 4 aliphatic heterocycles. The molecule has 10 aromatic rings. The van der Waals surface area contributed by atoms with Gasteiger partial charge in [-0.05, 0) is 105 Å². The number of amides is 4. The van der Waals surface area contributed by atoms with Crippen molar-refractivity contribution < 1.29 is 28.7 Å². The van der Waals surface area contributed by atoms with Crippen LogP contribution < -0.4 is 9.47 Å². The molecular weight excluding hydrogens is 1040 g/mol. The Kier molecular flexibility index (Phi) is 10.1. The molecule has 15 rings (SSSR count). The average molecular weight is 1070 g/mol. The predicted octanol–water partition coefficient (Wildman–Crippen LogP) is 15.5. The first kappa shape index (κ1) is 44.4. The maximum absolute atomic E-state index is 13.7. The second-order valence-corrected chi connectivity index (χ2v) is 25.6. The van der Waals surface area contributed by atoms with Gasteiger partial charge < -0.3 is 9.47 Å². The van der Waals surface area contributed by atoms with Crippen LogP contribution in [0.1, 0.15) is 51.2 Å². The highest BCUT2D eigenvalue weighted by molar-refractivity contribution is 8.26. The molecule has 74 heavy (non-hydrogen) atoms. The molecule has 5 aliphatic rings. The number of benzene rings is 8. The van der Waals surface area contributed by atoms with Gasteiger partial charge in [0.15, 0.2) is 13.5 Å². The summed E-state index contributed by atoms with van der Waals surface area (Å²) >= 11 is 11.5. The number of carbonyl (C=O) groups excluding carboxylic acids is 4. The van der Waals surface area contributed by atoms with E-state index in [9.17, 15) is 19.2 Å². The Labute approximate surface area is 448 Å². The third-order valence-corrected chi connectivity index (χ3v) is 24.3. The zero-order valence-electron chi connectivity index (χ0n) is 38.5. The Hall–Kier alpha value is -7.04. The molecule has 0 fully saturated rings. The van der Waals surface area contributed by atoms with Crippen molar-refractivity contribution in [2.75, 3.05) is 13.5 Å². The van der Waals surface area contributed by atoms with Crippen LogP contribution in [-0.2, 0) is 8.16 Å². The van der Waals surface area contributed by atoms with E-state index in [0.717, 1.165) is 33.0 Å². The van der Waals surface area contributed by atoms with Gasteiger partial charge in [0, 0.05) is 84.6 Å². The van der Waals surface area contributed by atoms with E-state index >= 15 is 0 Å². The van der Waals surface area contributed by atoms with Crippen molar-refractivity contribution in [2.24, 2.45) is 0 Å². The van der Waals surface area contributed by atoms with Crippen LogP contribution in [-0.4, -0.2) is 46.9 Å². The molecule has 1 aliphatic carbocycles. The normalized spacial score (nSPS) is 16.3. The highest BCUT2D eigenvalue weighted by atomic mass is 32.2. The molecular formula is C60H34N2O6S6. The zero-order chi connectivity index (χ0) is 49.5. The van der Waals surface area contributed by atoms with Crippen LogP contribution in [0.15, 0.2) is 200 Å². The number of thiophene rings is 2.